The van der Waals surface area contributed by atoms with Crippen molar-refractivity contribution in [1.82, 2.24) is 15.5 Å². The average molecular weight is 450 g/mol. The highest BCUT2D eigenvalue weighted by Crippen LogP contribution is 2.39. The highest BCUT2D eigenvalue weighted by molar-refractivity contribution is 7.13. The van der Waals surface area contributed by atoms with Crippen molar-refractivity contribution in [3.8, 4) is 10.7 Å². The van der Waals surface area contributed by atoms with Gasteiger partial charge in [-0.05, 0) is 60.3 Å². The molecule has 160 valence electrons. The van der Waals surface area contributed by atoms with E-state index in [0.717, 1.165) is 4.88 Å². The first-order valence-corrected chi connectivity index (χ1v) is 10.6. The number of urea groups is 1. The fraction of sp³-hybridized carbons (Fsp3) is 0.0870. The van der Waals surface area contributed by atoms with E-state index in [1.807, 2.05) is 17.5 Å². The molecule has 1 aliphatic heterocycles. The normalized spacial score (nSPS) is 16.4. The summed E-state index contributed by atoms with van der Waals surface area (Å²) in [5, 5.41) is 8.87. The maximum Gasteiger partial charge on any atom is 0.326 e. The Bertz CT molecular complexity index is 1320. The van der Waals surface area contributed by atoms with E-state index in [0.29, 0.717) is 28.3 Å². The highest BCUT2D eigenvalue weighted by atomic mass is 32.1. The van der Waals surface area contributed by atoms with Gasteiger partial charge in [0.05, 0.1) is 22.2 Å². The van der Waals surface area contributed by atoms with Gasteiger partial charge in [-0.15, -0.1) is 11.3 Å². The molecule has 32 heavy (non-hydrogen) atoms. The second kappa shape index (κ2) is 8.01. The number of hydrogen-bond acceptors (Lipinski definition) is 5. The molecule has 0 aliphatic carbocycles. The van der Waals surface area contributed by atoms with Crippen LogP contribution >= 0.6 is 11.3 Å². The molecule has 2 aromatic carbocycles. The molecule has 1 N–H and O–H groups in total. The molecule has 0 saturated carbocycles. The van der Waals surface area contributed by atoms with Crippen LogP contribution in [0.3, 0.4) is 0 Å². The highest BCUT2D eigenvalue weighted by Gasteiger charge is 2.36. The Morgan fingerprint density at radius 2 is 1.88 bits per heavy atom. The van der Waals surface area contributed by atoms with Crippen LogP contribution in [0.5, 0.6) is 0 Å². The van der Waals surface area contributed by atoms with E-state index < -0.39 is 23.7 Å². The minimum atomic E-state index is -0.716. The number of carbonyl (C=O) groups is 1. The van der Waals surface area contributed by atoms with Gasteiger partial charge in [0.25, 0.3) is 5.89 Å². The number of halogens is 2. The molecule has 5 rings (SSSR count). The number of nitrogens with one attached hydrogen (secondary N) is 1. The smallest absolute Gasteiger partial charge is 0.326 e. The SMILES string of the molecule is CC1=C(c2nc(-c3cccs3)no2)C(c2cccc(F)c2)NC(=O)N1c1ccc(F)cc1. The van der Waals surface area contributed by atoms with Gasteiger partial charge >= 0.3 is 6.03 Å². The predicted molar refractivity (Wildman–Crippen MR) is 117 cm³/mol. The standard InChI is InChI=1S/C23H16F2N4O2S/c1-13-19(22-27-21(28-31-22)18-6-3-11-32-18)20(14-4-2-5-16(25)12-14)26-23(30)29(13)17-9-7-15(24)8-10-17/h2-12,20H,1H3,(H,26,30). The Labute approximate surface area is 185 Å². The minimum Gasteiger partial charge on any atom is -0.334 e. The van der Waals surface area contributed by atoms with Gasteiger partial charge in [-0.3, -0.25) is 4.90 Å². The third kappa shape index (κ3) is 3.56. The number of anilines is 1. The summed E-state index contributed by atoms with van der Waals surface area (Å²) in [5.74, 6) is -0.228. The van der Waals surface area contributed by atoms with Crippen LogP contribution in [0.25, 0.3) is 16.3 Å². The number of rotatable bonds is 4. The molecular weight excluding hydrogens is 434 g/mol. The Balaban J connectivity index is 1.67. The first-order valence-electron chi connectivity index (χ1n) is 9.71. The molecular formula is C23H16F2N4O2S. The van der Waals surface area contributed by atoms with E-state index >= 15 is 0 Å². The Morgan fingerprint density at radius 1 is 1.06 bits per heavy atom. The monoisotopic (exact) mass is 450 g/mol. The number of benzene rings is 2. The van der Waals surface area contributed by atoms with E-state index in [9.17, 15) is 13.6 Å². The Morgan fingerprint density at radius 3 is 2.59 bits per heavy atom. The van der Waals surface area contributed by atoms with Crippen LogP contribution in [0.2, 0.25) is 0 Å². The molecule has 6 nitrogen and oxygen atoms in total. The van der Waals surface area contributed by atoms with Crippen LogP contribution in [-0.4, -0.2) is 16.2 Å². The maximum atomic E-state index is 14.0. The molecule has 3 heterocycles. The maximum absolute atomic E-state index is 14.0. The first kappa shape index (κ1) is 20.1. The Kier molecular flexibility index (Phi) is 5.02. The molecule has 0 bridgehead atoms. The van der Waals surface area contributed by atoms with Crippen molar-refractivity contribution in [1.29, 1.82) is 0 Å². The lowest BCUT2D eigenvalue weighted by atomic mass is 9.94. The van der Waals surface area contributed by atoms with Crippen LogP contribution in [-0.2, 0) is 0 Å². The van der Waals surface area contributed by atoms with Crippen LogP contribution < -0.4 is 10.2 Å². The van der Waals surface area contributed by atoms with Gasteiger partial charge in [0.15, 0.2) is 0 Å². The van der Waals surface area contributed by atoms with Crippen molar-refractivity contribution in [2.45, 2.75) is 13.0 Å². The topological polar surface area (TPSA) is 71.3 Å². The van der Waals surface area contributed by atoms with Crippen LogP contribution in [0.15, 0.2) is 76.3 Å². The van der Waals surface area contributed by atoms with Crippen molar-refractivity contribution < 1.29 is 18.1 Å². The molecule has 1 unspecified atom stereocenters. The van der Waals surface area contributed by atoms with Gasteiger partial charge in [0.2, 0.25) is 5.82 Å². The third-order valence-electron chi connectivity index (χ3n) is 5.15. The largest absolute Gasteiger partial charge is 0.334 e. The van der Waals surface area contributed by atoms with Crippen LogP contribution in [0.4, 0.5) is 19.3 Å². The molecule has 9 heteroatoms. The Hall–Kier alpha value is -3.85. The summed E-state index contributed by atoms with van der Waals surface area (Å²) in [4.78, 5) is 19.8. The molecule has 4 aromatic rings. The van der Waals surface area contributed by atoms with E-state index in [1.54, 1.807) is 19.1 Å². The molecule has 1 aliphatic rings. The summed E-state index contributed by atoms with van der Waals surface area (Å²) >= 11 is 1.47. The van der Waals surface area contributed by atoms with Gasteiger partial charge < -0.3 is 9.84 Å². The fourth-order valence-corrected chi connectivity index (χ4v) is 4.35. The number of aromatic nitrogens is 2. The van der Waals surface area contributed by atoms with Gasteiger partial charge in [0, 0.05) is 5.70 Å². The molecule has 0 fully saturated rings. The van der Waals surface area contributed by atoms with Gasteiger partial charge in [-0.2, -0.15) is 4.98 Å². The number of carbonyl (C=O) groups excluding carboxylic acids is 1. The quantitative estimate of drug-likeness (QED) is 0.428. The summed E-state index contributed by atoms with van der Waals surface area (Å²) < 4.78 is 33.0. The van der Waals surface area contributed by atoms with E-state index in [4.69, 9.17) is 4.52 Å². The summed E-state index contributed by atoms with van der Waals surface area (Å²) in [7, 11) is 0. The van der Waals surface area contributed by atoms with Crippen molar-refractivity contribution in [3.63, 3.8) is 0 Å². The molecule has 0 radical (unpaired) electrons. The lowest BCUT2D eigenvalue weighted by molar-refractivity contribution is 0.244. The summed E-state index contributed by atoms with van der Waals surface area (Å²) in [5.41, 5.74) is 2.03. The lowest BCUT2D eigenvalue weighted by Gasteiger charge is -2.35. The molecule has 2 aromatic heterocycles. The first-order chi connectivity index (χ1) is 15.5. The average Bonchev–Trinajstić information content (AvgIpc) is 3.47. The molecule has 1 atom stereocenters. The fourth-order valence-electron chi connectivity index (χ4n) is 3.70. The van der Waals surface area contributed by atoms with Crippen LogP contribution in [0.1, 0.15) is 24.4 Å². The predicted octanol–water partition coefficient (Wildman–Crippen LogP) is 5.78. The second-order valence-electron chi connectivity index (χ2n) is 7.15. The molecule has 0 saturated heterocycles. The number of nitrogens with zero attached hydrogens (tertiary/aromatic N) is 3. The lowest BCUT2D eigenvalue weighted by Crippen LogP contribution is -2.46. The van der Waals surface area contributed by atoms with E-state index in [1.165, 1.54) is 52.6 Å². The number of thiophene rings is 1. The zero-order valence-corrected chi connectivity index (χ0v) is 17.6. The zero-order chi connectivity index (χ0) is 22.2. The molecule has 2 amide bonds. The van der Waals surface area contributed by atoms with Crippen molar-refractivity contribution >= 4 is 28.6 Å². The summed E-state index contributed by atoms with van der Waals surface area (Å²) in [6.45, 7) is 1.73. The van der Waals surface area contributed by atoms with Crippen LogP contribution in [0, 0.1) is 11.6 Å². The third-order valence-corrected chi connectivity index (χ3v) is 6.02. The van der Waals surface area contributed by atoms with Gasteiger partial charge in [0.1, 0.15) is 11.6 Å². The molecule has 0 spiro atoms. The minimum absolute atomic E-state index is 0.201. The summed E-state index contributed by atoms with van der Waals surface area (Å²) in [6.07, 6.45) is 0. The number of allylic oxidation sites excluding steroid dienone is 1. The second-order valence-corrected chi connectivity index (χ2v) is 8.10. The van der Waals surface area contributed by atoms with Crippen molar-refractivity contribution in [3.05, 3.63) is 94.8 Å². The van der Waals surface area contributed by atoms with E-state index in [2.05, 4.69) is 15.5 Å². The zero-order valence-electron chi connectivity index (χ0n) is 16.8. The number of hydrogen-bond donors (Lipinski definition) is 1. The summed E-state index contributed by atoms with van der Waals surface area (Å²) in [6, 6.07) is 14.1. The van der Waals surface area contributed by atoms with E-state index in [-0.39, 0.29) is 5.89 Å². The number of amides is 2. The van der Waals surface area contributed by atoms with Crippen molar-refractivity contribution in [2.24, 2.45) is 0 Å². The van der Waals surface area contributed by atoms with Gasteiger partial charge in [-0.1, -0.05) is 23.4 Å². The van der Waals surface area contributed by atoms with Gasteiger partial charge in [-0.25, -0.2) is 13.6 Å². The van der Waals surface area contributed by atoms with Crippen molar-refractivity contribution in [2.75, 3.05) is 4.90 Å².